The first-order valence-electron chi connectivity index (χ1n) is 9.88. The first kappa shape index (κ1) is 18.6. The van der Waals surface area contributed by atoms with Gasteiger partial charge in [0.25, 0.3) is 5.95 Å². The van der Waals surface area contributed by atoms with Gasteiger partial charge in [-0.1, -0.05) is 12.1 Å². The summed E-state index contributed by atoms with van der Waals surface area (Å²) in [4.78, 5) is 22.6. The quantitative estimate of drug-likeness (QED) is 0.458. The van der Waals surface area contributed by atoms with Gasteiger partial charge in [-0.2, -0.15) is 19.7 Å². The fourth-order valence-corrected chi connectivity index (χ4v) is 4.38. The Hall–Kier alpha value is -3.46. The van der Waals surface area contributed by atoms with Crippen molar-refractivity contribution in [1.29, 1.82) is 0 Å². The molecule has 0 saturated heterocycles. The van der Waals surface area contributed by atoms with Crippen molar-refractivity contribution in [2.45, 2.75) is 25.8 Å². The molecule has 0 aliphatic carbocycles. The van der Waals surface area contributed by atoms with E-state index in [9.17, 15) is 4.79 Å². The largest absolute Gasteiger partial charge is 0.370 e. The first-order valence-corrected chi connectivity index (χ1v) is 10.8. The van der Waals surface area contributed by atoms with Gasteiger partial charge in [-0.05, 0) is 42.8 Å². The van der Waals surface area contributed by atoms with E-state index in [1.807, 2.05) is 12.1 Å². The van der Waals surface area contributed by atoms with E-state index < -0.39 is 5.91 Å². The van der Waals surface area contributed by atoms with Crippen LogP contribution in [0, 0.1) is 0 Å². The topological polar surface area (TPSA) is 111 Å². The lowest BCUT2D eigenvalue weighted by Gasteiger charge is -2.15. The second-order valence-electron chi connectivity index (χ2n) is 7.18. The molecule has 0 atom stereocenters. The average molecular weight is 420 g/mol. The number of nitrogens with zero attached hydrogens (tertiary/aromatic N) is 4. The number of benzene rings is 1. The minimum Gasteiger partial charge on any atom is -0.370 e. The average Bonchev–Trinajstić information content (AvgIpc) is 3.36. The molecule has 4 heterocycles. The number of anilines is 2. The van der Waals surface area contributed by atoms with E-state index in [0.717, 1.165) is 48.5 Å². The van der Waals surface area contributed by atoms with Crippen LogP contribution in [0.25, 0.3) is 16.9 Å². The number of hydrogen-bond acceptors (Lipinski definition) is 7. The third kappa shape index (κ3) is 3.37. The molecule has 0 fully saturated rings. The van der Waals surface area contributed by atoms with Crippen LogP contribution in [0.3, 0.4) is 0 Å². The van der Waals surface area contributed by atoms with Gasteiger partial charge >= 0.3 is 0 Å². The molecule has 1 aliphatic heterocycles. The first-order chi connectivity index (χ1) is 14.7. The minimum atomic E-state index is -0.483. The lowest BCUT2D eigenvalue weighted by molar-refractivity contribution is 0.100. The number of nitrogens with two attached hydrogens (primary N) is 1. The lowest BCUT2D eigenvalue weighted by atomic mass is 10.1. The van der Waals surface area contributed by atoms with Crippen molar-refractivity contribution in [3.8, 4) is 5.95 Å². The van der Waals surface area contributed by atoms with Crippen molar-refractivity contribution in [2.24, 2.45) is 5.73 Å². The molecule has 0 bridgehead atoms. The third-order valence-corrected chi connectivity index (χ3v) is 6.10. The number of rotatable bonds is 5. The van der Waals surface area contributed by atoms with E-state index in [0.29, 0.717) is 23.4 Å². The Morgan fingerprint density at radius 3 is 3.00 bits per heavy atom. The highest BCUT2D eigenvalue weighted by Crippen LogP contribution is 2.29. The Labute approximate surface area is 177 Å². The monoisotopic (exact) mass is 419 g/mol. The summed E-state index contributed by atoms with van der Waals surface area (Å²) in [5.41, 5.74) is 7.79. The zero-order chi connectivity index (χ0) is 20.5. The van der Waals surface area contributed by atoms with Crippen molar-refractivity contribution in [2.75, 3.05) is 17.2 Å². The molecule has 0 spiro atoms. The SMILES string of the molecule is NC(=O)c1cccc2c1cnn2-c1nc2c(c(NCc3cccs3)n1)CCCCN2. The van der Waals surface area contributed by atoms with E-state index in [1.165, 1.54) is 4.88 Å². The Kier molecular flexibility index (Phi) is 4.80. The molecule has 0 radical (unpaired) electrons. The molecule has 1 aromatic carbocycles. The Morgan fingerprint density at radius 2 is 2.17 bits per heavy atom. The number of fused-ring (bicyclic) bond motifs is 2. The number of primary amides is 1. The van der Waals surface area contributed by atoms with Crippen LogP contribution in [-0.4, -0.2) is 32.2 Å². The van der Waals surface area contributed by atoms with Crippen LogP contribution in [0.4, 0.5) is 11.6 Å². The summed E-state index contributed by atoms with van der Waals surface area (Å²) in [5, 5.41) is 14.1. The normalized spacial score (nSPS) is 13.5. The van der Waals surface area contributed by atoms with Gasteiger partial charge in [-0.25, -0.2) is 0 Å². The minimum absolute atomic E-state index is 0.433. The molecule has 4 N–H and O–H groups in total. The summed E-state index contributed by atoms with van der Waals surface area (Å²) in [6.07, 6.45) is 4.73. The van der Waals surface area contributed by atoms with Gasteiger partial charge in [0.05, 0.1) is 23.8 Å². The molecule has 8 nitrogen and oxygen atoms in total. The van der Waals surface area contributed by atoms with Crippen molar-refractivity contribution in [1.82, 2.24) is 19.7 Å². The van der Waals surface area contributed by atoms with Gasteiger partial charge in [0, 0.05) is 22.4 Å². The second kappa shape index (κ2) is 7.75. The summed E-state index contributed by atoms with van der Waals surface area (Å²) < 4.78 is 1.66. The molecular formula is C21H21N7OS. The Balaban J connectivity index is 1.61. The molecule has 9 heteroatoms. The maximum atomic E-state index is 11.8. The highest BCUT2D eigenvalue weighted by molar-refractivity contribution is 7.09. The summed E-state index contributed by atoms with van der Waals surface area (Å²) in [7, 11) is 0. The van der Waals surface area contributed by atoms with Crippen LogP contribution in [-0.2, 0) is 13.0 Å². The number of hydrogen-bond donors (Lipinski definition) is 3. The molecule has 0 saturated carbocycles. The van der Waals surface area contributed by atoms with Crippen LogP contribution in [0.5, 0.6) is 0 Å². The van der Waals surface area contributed by atoms with E-state index in [4.69, 9.17) is 15.7 Å². The molecule has 1 amide bonds. The summed E-state index contributed by atoms with van der Waals surface area (Å²) in [6, 6.07) is 9.52. The predicted octanol–water partition coefficient (Wildman–Crippen LogP) is 3.34. The number of thiophene rings is 1. The third-order valence-electron chi connectivity index (χ3n) is 5.22. The smallest absolute Gasteiger partial charge is 0.255 e. The van der Waals surface area contributed by atoms with Crippen molar-refractivity contribution < 1.29 is 4.79 Å². The maximum absolute atomic E-state index is 11.8. The molecule has 1 aliphatic rings. The number of carbonyl (C=O) groups is 1. The predicted molar refractivity (Wildman–Crippen MR) is 118 cm³/mol. The molecule has 30 heavy (non-hydrogen) atoms. The van der Waals surface area contributed by atoms with Gasteiger partial charge in [-0.15, -0.1) is 11.3 Å². The second-order valence-corrected chi connectivity index (χ2v) is 8.21. The van der Waals surface area contributed by atoms with Gasteiger partial charge in [0.1, 0.15) is 11.6 Å². The number of aromatic nitrogens is 4. The summed E-state index contributed by atoms with van der Waals surface area (Å²) in [5.74, 6) is 1.62. The molecule has 0 unspecified atom stereocenters. The molecule has 3 aromatic heterocycles. The van der Waals surface area contributed by atoms with Crippen LogP contribution >= 0.6 is 11.3 Å². The standard InChI is InChI=1S/C21H21N7OS/c22-18(29)14-7-3-8-17-16(14)12-25-28(17)21-26-19-15(6-1-2-9-23-19)20(27-21)24-11-13-5-4-10-30-13/h3-5,7-8,10,12H,1-2,6,9,11H2,(H2,22,29)(H2,23,24,26,27). The number of amides is 1. The Bertz CT molecular complexity index is 1220. The highest BCUT2D eigenvalue weighted by atomic mass is 32.1. The van der Waals surface area contributed by atoms with Gasteiger partial charge < -0.3 is 16.4 Å². The maximum Gasteiger partial charge on any atom is 0.255 e. The van der Waals surface area contributed by atoms with Gasteiger partial charge in [0.2, 0.25) is 5.91 Å². The van der Waals surface area contributed by atoms with Gasteiger partial charge in [-0.3, -0.25) is 4.79 Å². The van der Waals surface area contributed by atoms with Crippen LogP contribution in [0.1, 0.15) is 33.6 Å². The van der Waals surface area contributed by atoms with Gasteiger partial charge in [0.15, 0.2) is 0 Å². The Morgan fingerprint density at radius 1 is 1.23 bits per heavy atom. The summed E-state index contributed by atoms with van der Waals surface area (Å²) >= 11 is 1.71. The van der Waals surface area contributed by atoms with Crippen LogP contribution < -0.4 is 16.4 Å². The highest BCUT2D eigenvalue weighted by Gasteiger charge is 2.20. The number of carbonyl (C=O) groups excluding carboxylic acids is 1. The van der Waals surface area contributed by atoms with Crippen molar-refractivity contribution in [3.05, 3.63) is 57.9 Å². The molecule has 4 aromatic rings. The van der Waals surface area contributed by atoms with E-state index >= 15 is 0 Å². The molecule has 5 rings (SSSR count). The van der Waals surface area contributed by atoms with Crippen molar-refractivity contribution >= 4 is 39.8 Å². The molecule has 152 valence electrons. The number of nitrogens with one attached hydrogen (secondary N) is 2. The van der Waals surface area contributed by atoms with E-state index in [2.05, 4.69) is 27.2 Å². The van der Waals surface area contributed by atoms with Crippen molar-refractivity contribution in [3.63, 3.8) is 0 Å². The lowest BCUT2D eigenvalue weighted by Crippen LogP contribution is -2.13. The zero-order valence-electron chi connectivity index (χ0n) is 16.3. The zero-order valence-corrected chi connectivity index (χ0v) is 17.1. The van der Waals surface area contributed by atoms with E-state index in [-0.39, 0.29) is 0 Å². The summed E-state index contributed by atoms with van der Waals surface area (Å²) in [6.45, 7) is 1.58. The fraction of sp³-hybridized carbons (Fsp3) is 0.238. The van der Waals surface area contributed by atoms with E-state index in [1.54, 1.807) is 34.3 Å². The van der Waals surface area contributed by atoms with Crippen LogP contribution in [0.2, 0.25) is 0 Å². The fourth-order valence-electron chi connectivity index (χ4n) is 3.74. The molecular weight excluding hydrogens is 398 g/mol. The van der Waals surface area contributed by atoms with Crippen LogP contribution in [0.15, 0.2) is 41.9 Å².